The predicted molar refractivity (Wildman–Crippen MR) is 204 cm³/mol. The van der Waals surface area contributed by atoms with Crippen molar-refractivity contribution in [1.82, 2.24) is 15.1 Å². The minimum absolute atomic E-state index is 0.0180. The number of unbranched alkanes of at least 4 members (excludes halogenated alkanes) is 1. The molecule has 2 saturated heterocycles. The molecule has 0 unspecified atom stereocenters. The molecule has 5 N–H and O–H groups in total. The second kappa shape index (κ2) is 19.8. The molecule has 284 valence electrons. The monoisotopic (exact) mass is 715 g/mol. The van der Waals surface area contributed by atoms with Crippen LogP contribution in [-0.4, -0.2) is 83.9 Å². The fraction of sp³-hybridized carbons (Fsp3) is 0.595. The number of carbonyl (C=O) groups is 5. The molecule has 0 aliphatic carbocycles. The van der Waals surface area contributed by atoms with E-state index in [1.807, 2.05) is 91.2 Å². The summed E-state index contributed by atoms with van der Waals surface area (Å²) in [6.07, 6.45) is 5.37. The molecule has 4 rings (SSSR count). The lowest BCUT2D eigenvalue weighted by molar-refractivity contribution is -0.151. The molecule has 4 atom stereocenters. The molecule has 10 nitrogen and oxygen atoms in total. The average molecular weight is 716 g/mol. The average Bonchev–Trinajstić information content (AvgIpc) is 3.12. The number of nitrogens with one attached hydrogen (secondary N) is 1. The van der Waals surface area contributed by atoms with Crippen molar-refractivity contribution in [2.75, 3.05) is 32.7 Å². The quantitative estimate of drug-likeness (QED) is 0.171. The van der Waals surface area contributed by atoms with Gasteiger partial charge in [-0.05, 0) is 68.5 Å². The topological polar surface area (TPSA) is 156 Å². The Morgan fingerprint density at radius 2 is 1.37 bits per heavy atom. The summed E-state index contributed by atoms with van der Waals surface area (Å²) < 4.78 is 0. The van der Waals surface area contributed by atoms with Gasteiger partial charge < -0.3 is 26.6 Å². The van der Waals surface area contributed by atoms with E-state index in [1.54, 1.807) is 0 Å². The number of nitrogens with two attached hydrogens (primary N) is 2. The maximum atomic E-state index is 14.1. The summed E-state index contributed by atoms with van der Waals surface area (Å²) in [6, 6.07) is 17.6. The van der Waals surface area contributed by atoms with Gasteiger partial charge in [0.2, 0.25) is 17.7 Å². The highest BCUT2D eigenvalue weighted by molar-refractivity contribution is 5.95. The minimum Gasteiger partial charge on any atom is -0.346 e. The summed E-state index contributed by atoms with van der Waals surface area (Å²) in [7, 11) is 0. The predicted octanol–water partition coefficient (Wildman–Crippen LogP) is 4.47. The second-order valence-corrected chi connectivity index (χ2v) is 15.6. The zero-order valence-electron chi connectivity index (χ0n) is 31.6. The maximum Gasteiger partial charge on any atom is 0.226 e. The maximum absolute atomic E-state index is 14.1. The molecule has 0 saturated carbocycles. The molecule has 0 aromatic heterocycles. The van der Waals surface area contributed by atoms with E-state index in [-0.39, 0.29) is 53.5 Å². The number of Topliss-reactive ketones (excluding diaryl/α,β-unsaturated/α-hetero) is 2. The van der Waals surface area contributed by atoms with Crippen molar-refractivity contribution < 1.29 is 24.0 Å². The van der Waals surface area contributed by atoms with E-state index in [9.17, 15) is 24.0 Å². The van der Waals surface area contributed by atoms with Crippen molar-refractivity contribution in [3.8, 4) is 0 Å². The third-order valence-corrected chi connectivity index (χ3v) is 10.9. The number of hydrogen-bond donors (Lipinski definition) is 3. The van der Waals surface area contributed by atoms with Crippen LogP contribution in [0.5, 0.6) is 0 Å². The Balaban J connectivity index is 1.44. The zero-order valence-corrected chi connectivity index (χ0v) is 31.6. The van der Waals surface area contributed by atoms with Crippen molar-refractivity contribution >= 4 is 29.3 Å². The highest BCUT2D eigenvalue weighted by atomic mass is 16.2. The molecule has 2 aromatic rings. The Hall–Kier alpha value is -3.89. The number of carbonyl (C=O) groups excluding carboxylic acids is 5. The van der Waals surface area contributed by atoms with Crippen molar-refractivity contribution in [1.29, 1.82) is 0 Å². The van der Waals surface area contributed by atoms with Crippen LogP contribution in [-0.2, 0) is 36.8 Å². The lowest BCUT2D eigenvalue weighted by Gasteiger charge is -2.54. The highest BCUT2D eigenvalue weighted by Gasteiger charge is 2.47. The lowest BCUT2D eigenvalue weighted by atomic mass is 9.71. The van der Waals surface area contributed by atoms with E-state index in [0.29, 0.717) is 51.7 Å². The number of benzene rings is 2. The van der Waals surface area contributed by atoms with Gasteiger partial charge in [-0.1, -0.05) is 87.9 Å². The van der Waals surface area contributed by atoms with E-state index in [0.717, 1.165) is 49.9 Å². The largest absolute Gasteiger partial charge is 0.346 e. The fourth-order valence-electron chi connectivity index (χ4n) is 7.74. The SMILES string of the molecule is CCC(=O)N1CC2(CCN(C(=O)[C@@H](CCCCN)CC(=O)[C@@H](CC(C)C)NC(=O)[C@H](CC(=O)[C@H](N)Cc3ccccc3)Cc3ccccc3)CC2)C1. The van der Waals surface area contributed by atoms with Gasteiger partial charge in [0, 0.05) is 62.7 Å². The first kappa shape index (κ1) is 40.9. The van der Waals surface area contributed by atoms with Crippen LogP contribution in [0.15, 0.2) is 60.7 Å². The molecule has 2 heterocycles. The first-order chi connectivity index (χ1) is 24.9. The minimum atomic E-state index is -0.787. The Morgan fingerprint density at radius 1 is 0.788 bits per heavy atom. The van der Waals surface area contributed by atoms with Gasteiger partial charge in [0.05, 0.1) is 12.1 Å². The van der Waals surface area contributed by atoms with Crippen LogP contribution in [0.3, 0.4) is 0 Å². The molecule has 3 amide bonds. The van der Waals surface area contributed by atoms with E-state index in [1.165, 1.54) is 0 Å². The summed E-state index contributed by atoms with van der Waals surface area (Å²) in [5, 5.41) is 3.04. The smallest absolute Gasteiger partial charge is 0.226 e. The van der Waals surface area contributed by atoms with Gasteiger partial charge in [0.1, 0.15) is 0 Å². The van der Waals surface area contributed by atoms with Crippen LogP contribution in [0.4, 0.5) is 0 Å². The first-order valence-electron chi connectivity index (χ1n) is 19.4. The Morgan fingerprint density at radius 3 is 1.92 bits per heavy atom. The normalized spacial score (nSPS) is 17.6. The number of rotatable bonds is 20. The summed E-state index contributed by atoms with van der Waals surface area (Å²) in [4.78, 5) is 71.5. The molecule has 1 spiro atoms. The van der Waals surface area contributed by atoms with Gasteiger partial charge in [0.15, 0.2) is 11.6 Å². The van der Waals surface area contributed by atoms with Crippen LogP contribution in [0.25, 0.3) is 0 Å². The van der Waals surface area contributed by atoms with E-state index in [4.69, 9.17) is 11.5 Å². The molecule has 0 bridgehead atoms. The molecule has 0 radical (unpaired) electrons. The van der Waals surface area contributed by atoms with E-state index in [2.05, 4.69) is 5.32 Å². The molecule has 52 heavy (non-hydrogen) atoms. The van der Waals surface area contributed by atoms with Crippen molar-refractivity contribution in [2.24, 2.45) is 34.6 Å². The number of piperidine rings is 1. The number of likely N-dealkylation sites (tertiary alicyclic amines) is 2. The third kappa shape index (κ3) is 11.8. The van der Waals surface area contributed by atoms with Crippen molar-refractivity contribution in [3.63, 3.8) is 0 Å². The summed E-state index contributed by atoms with van der Waals surface area (Å²) >= 11 is 0. The Labute approximate surface area is 310 Å². The van der Waals surface area contributed by atoms with Crippen molar-refractivity contribution in [3.05, 3.63) is 71.8 Å². The molecule has 2 fully saturated rings. The molecule has 10 heteroatoms. The van der Waals surface area contributed by atoms with Gasteiger partial charge >= 0.3 is 0 Å². The van der Waals surface area contributed by atoms with Gasteiger partial charge in [0.25, 0.3) is 0 Å². The van der Waals surface area contributed by atoms with Crippen LogP contribution >= 0.6 is 0 Å². The molecular weight excluding hydrogens is 654 g/mol. The number of nitrogens with zero attached hydrogens (tertiary/aromatic N) is 2. The third-order valence-electron chi connectivity index (χ3n) is 10.9. The summed E-state index contributed by atoms with van der Waals surface area (Å²) in [5.74, 6) is -1.67. The standard InChI is InChI=1S/C42H61N5O5/c1-4-39(50)47-28-42(29-47)18-21-46(22-19-42)41(52)33(17-11-12-20-43)26-38(49)36(23-30(2)3)45-40(51)34(24-31-13-7-5-8-14-31)27-37(48)35(44)25-32-15-9-6-10-16-32/h5-10,13-16,30,33-36H,4,11-12,17-29,43-44H2,1-3H3,(H,45,51)/t33-,34-,35+,36+/m0/s1. The van der Waals surface area contributed by atoms with Crippen LogP contribution in [0, 0.1) is 23.2 Å². The van der Waals surface area contributed by atoms with Crippen LogP contribution in [0.1, 0.15) is 89.7 Å². The molecular formula is C42H61N5O5. The van der Waals surface area contributed by atoms with E-state index >= 15 is 0 Å². The second-order valence-electron chi connectivity index (χ2n) is 15.6. The van der Waals surface area contributed by atoms with Gasteiger partial charge in [-0.3, -0.25) is 24.0 Å². The van der Waals surface area contributed by atoms with Crippen LogP contribution < -0.4 is 16.8 Å². The van der Waals surface area contributed by atoms with Gasteiger partial charge in [-0.2, -0.15) is 0 Å². The lowest BCUT2D eigenvalue weighted by Crippen LogP contribution is -2.62. The Bertz CT molecular complexity index is 1470. The first-order valence-corrected chi connectivity index (χ1v) is 19.4. The van der Waals surface area contributed by atoms with Crippen LogP contribution in [0.2, 0.25) is 0 Å². The summed E-state index contributed by atoms with van der Waals surface area (Å²) in [6.45, 7) is 9.14. The van der Waals surface area contributed by atoms with Gasteiger partial charge in [-0.15, -0.1) is 0 Å². The number of hydrogen-bond acceptors (Lipinski definition) is 7. The fourth-order valence-corrected chi connectivity index (χ4v) is 7.74. The zero-order chi connectivity index (χ0) is 37.7. The number of ketones is 2. The molecule has 2 aromatic carbocycles. The highest BCUT2D eigenvalue weighted by Crippen LogP contribution is 2.41. The van der Waals surface area contributed by atoms with Crippen molar-refractivity contribution in [2.45, 2.75) is 103 Å². The van der Waals surface area contributed by atoms with Gasteiger partial charge in [-0.25, -0.2) is 0 Å². The summed E-state index contributed by atoms with van der Waals surface area (Å²) in [5.41, 5.74) is 14.1. The molecule has 2 aliphatic rings. The Kier molecular flexibility index (Phi) is 15.6. The van der Waals surface area contributed by atoms with E-state index < -0.39 is 23.9 Å². The number of amides is 3. The molecule has 2 aliphatic heterocycles.